The molecule has 3 heterocycles. The summed E-state index contributed by atoms with van der Waals surface area (Å²) in [6, 6.07) is 5.52. The van der Waals surface area contributed by atoms with E-state index in [0.717, 1.165) is 42.4 Å². The van der Waals surface area contributed by atoms with Crippen LogP contribution in [0.15, 0.2) is 24.4 Å². The average molecular weight is 487 g/mol. The van der Waals surface area contributed by atoms with Crippen LogP contribution in [0.5, 0.6) is 0 Å². The molecule has 0 bridgehead atoms. The zero-order valence-electron chi connectivity index (χ0n) is 18.9. The summed E-state index contributed by atoms with van der Waals surface area (Å²) in [6.07, 6.45) is 2.60. The lowest BCUT2D eigenvalue weighted by molar-refractivity contribution is -0.115. The third-order valence-corrected chi connectivity index (χ3v) is 6.59. The second kappa shape index (κ2) is 10.4. The maximum atomic E-state index is 12.5. The smallest absolute Gasteiger partial charge is 0.234 e. The summed E-state index contributed by atoms with van der Waals surface area (Å²) in [6.45, 7) is 7.64. The lowest BCUT2D eigenvalue weighted by Crippen LogP contribution is -2.45. The largest absolute Gasteiger partial charge is 0.338 e. The molecule has 2 aromatic heterocycles. The Morgan fingerprint density at radius 1 is 1.18 bits per heavy atom. The van der Waals surface area contributed by atoms with Gasteiger partial charge in [-0.15, -0.1) is 11.3 Å². The Morgan fingerprint density at radius 3 is 2.70 bits per heavy atom. The standard InChI is InChI=1S/C22H27ClN8OS/c1-4-17-25-20(28-21(26-17)31-10-8-30(3)9-11-31)29-22-24-13-15(33-22)12-18(32)27-19-14(2)6-5-7-16(19)23/h5-7,13H,4,8-12H2,1-3H3,(H,27,32)(H,24,25,26,28,29). The molecule has 0 aliphatic carbocycles. The van der Waals surface area contributed by atoms with Gasteiger partial charge >= 0.3 is 0 Å². The molecular formula is C22H27ClN8OS. The molecule has 1 saturated heterocycles. The van der Waals surface area contributed by atoms with E-state index in [9.17, 15) is 4.79 Å². The van der Waals surface area contributed by atoms with Crippen molar-refractivity contribution >= 4 is 51.6 Å². The highest BCUT2D eigenvalue weighted by molar-refractivity contribution is 7.15. The number of amides is 1. The molecule has 11 heteroatoms. The van der Waals surface area contributed by atoms with Crippen molar-refractivity contribution in [3.05, 3.63) is 45.7 Å². The predicted octanol–water partition coefficient (Wildman–Crippen LogP) is 3.53. The van der Waals surface area contributed by atoms with Crippen LogP contribution in [0.2, 0.25) is 5.02 Å². The fourth-order valence-corrected chi connectivity index (χ4v) is 4.52. The Morgan fingerprint density at radius 2 is 1.97 bits per heavy atom. The fourth-order valence-electron chi connectivity index (χ4n) is 3.44. The van der Waals surface area contributed by atoms with Crippen LogP contribution in [0.1, 0.15) is 23.2 Å². The SMILES string of the molecule is CCc1nc(Nc2ncc(CC(=O)Nc3c(C)cccc3Cl)s2)nc(N2CCN(C)CC2)n1. The molecule has 174 valence electrons. The van der Waals surface area contributed by atoms with E-state index in [1.807, 2.05) is 26.0 Å². The van der Waals surface area contributed by atoms with Crippen molar-refractivity contribution in [3.63, 3.8) is 0 Å². The summed E-state index contributed by atoms with van der Waals surface area (Å²) in [4.78, 5) is 35.9. The minimum atomic E-state index is -0.146. The van der Waals surface area contributed by atoms with Crippen LogP contribution in [-0.2, 0) is 17.6 Å². The molecule has 2 N–H and O–H groups in total. The zero-order valence-corrected chi connectivity index (χ0v) is 20.5. The van der Waals surface area contributed by atoms with Crippen molar-refractivity contribution in [1.82, 2.24) is 24.8 Å². The minimum Gasteiger partial charge on any atom is -0.338 e. The number of aryl methyl sites for hydroxylation is 2. The number of rotatable bonds is 7. The number of thiazole rings is 1. The van der Waals surface area contributed by atoms with E-state index in [2.05, 4.69) is 47.4 Å². The summed E-state index contributed by atoms with van der Waals surface area (Å²) in [5, 5.41) is 7.23. The van der Waals surface area contributed by atoms with E-state index in [1.54, 1.807) is 12.3 Å². The summed E-state index contributed by atoms with van der Waals surface area (Å²) in [5.74, 6) is 1.73. The van der Waals surface area contributed by atoms with Gasteiger partial charge in [0.15, 0.2) is 5.13 Å². The van der Waals surface area contributed by atoms with Crippen molar-refractivity contribution < 1.29 is 4.79 Å². The number of halogens is 1. The van der Waals surface area contributed by atoms with E-state index in [1.165, 1.54) is 11.3 Å². The average Bonchev–Trinajstić information content (AvgIpc) is 3.23. The van der Waals surface area contributed by atoms with E-state index in [-0.39, 0.29) is 12.3 Å². The van der Waals surface area contributed by atoms with Gasteiger partial charge in [0.05, 0.1) is 17.1 Å². The second-order valence-electron chi connectivity index (χ2n) is 7.93. The van der Waals surface area contributed by atoms with E-state index < -0.39 is 0 Å². The number of likely N-dealkylation sites (N-methyl/N-ethyl adjacent to an activating group) is 1. The topological polar surface area (TPSA) is 99.2 Å². The third kappa shape index (κ3) is 5.95. The molecule has 3 aromatic rings. The molecule has 0 saturated carbocycles. The van der Waals surface area contributed by atoms with Crippen molar-refractivity contribution in [2.75, 3.05) is 48.8 Å². The number of benzene rings is 1. The number of para-hydroxylation sites is 1. The summed E-state index contributed by atoms with van der Waals surface area (Å²) >= 11 is 7.61. The lowest BCUT2D eigenvalue weighted by atomic mass is 10.2. The summed E-state index contributed by atoms with van der Waals surface area (Å²) in [5.41, 5.74) is 1.56. The molecule has 33 heavy (non-hydrogen) atoms. The van der Waals surface area contributed by atoms with Gasteiger partial charge < -0.3 is 15.1 Å². The van der Waals surface area contributed by atoms with Crippen LogP contribution >= 0.6 is 22.9 Å². The number of carbonyl (C=O) groups is 1. The monoisotopic (exact) mass is 486 g/mol. The van der Waals surface area contributed by atoms with Gasteiger partial charge in [-0.05, 0) is 25.6 Å². The van der Waals surface area contributed by atoms with Crippen LogP contribution in [0.25, 0.3) is 0 Å². The number of aromatic nitrogens is 4. The lowest BCUT2D eigenvalue weighted by Gasteiger charge is -2.32. The highest BCUT2D eigenvalue weighted by atomic mass is 35.5. The maximum absolute atomic E-state index is 12.5. The van der Waals surface area contributed by atoms with Crippen LogP contribution < -0.4 is 15.5 Å². The maximum Gasteiger partial charge on any atom is 0.234 e. The van der Waals surface area contributed by atoms with Gasteiger partial charge in [0.1, 0.15) is 5.82 Å². The number of hydrogen-bond acceptors (Lipinski definition) is 9. The first-order chi connectivity index (χ1) is 15.9. The van der Waals surface area contributed by atoms with E-state index in [4.69, 9.17) is 11.6 Å². The molecule has 1 fully saturated rings. The molecule has 9 nitrogen and oxygen atoms in total. The molecule has 1 aliphatic rings. The molecule has 0 atom stereocenters. The number of carbonyl (C=O) groups excluding carboxylic acids is 1. The number of nitrogens with one attached hydrogen (secondary N) is 2. The predicted molar refractivity (Wildman–Crippen MR) is 133 cm³/mol. The van der Waals surface area contributed by atoms with Crippen LogP contribution in [-0.4, -0.2) is 64.0 Å². The van der Waals surface area contributed by atoms with Gasteiger partial charge in [0.2, 0.25) is 17.8 Å². The van der Waals surface area contributed by atoms with E-state index >= 15 is 0 Å². The second-order valence-corrected chi connectivity index (χ2v) is 9.45. The van der Waals surface area contributed by atoms with Crippen molar-refractivity contribution in [3.8, 4) is 0 Å². The Hall–Kier alpha value is -2.82. The highest BCUT2D eigenvalue weighted by Gasteiger charge is 2.19. The first-order valence-corrected chi connectivity index (χ1v) is 12.1. The molecule has 4 rings (SSSR count). The number of anilines is 4. The molecular weight excluding hydrogens is 460 g/mol. The Bertz CT molecular complexity index is 1110. The Labute approximate surface area is 202 Å². The van der Waals surface area contributed by atoms with Crippen LogP contribution in [0.3, 0.4) is 0 Å². The normalized spacial score (nSPS) is 14.4. The van der Waals surface area contributed by atoms with Crippen molar-refractivity contribution in [2.24, 2.45) is 0 Å². The molecule has 0 spiro atoms. The van der Waals surface area contributed by atoms with Gasteiger partial charge in [-0.1, -0.05) is 30.7 Å². The van der Waals surface area contributed by atoms with Crippen LogP contribution in [0.4, 0.5) is 22.7 Å². The summed E-state index contributed by atoms with van der Waals surface area (Å²) in [7, 11) is 2.12. The first kappa shape index (κ1) is 23.3. The Kier molecular flexibility index (Phi) is 7.36. The fraction of sp³-hybridized carbons (Fsp3) is 0.409. The quantitative estimate of drug-likeness (QED) is 0.523. The van der Waals surface area contributed by atoms with Gasteiger partial charge in [-0.3, -0.25) is 10.1 Å². The van der Waals surface area contributed by atoms with Crippen molar-refractivity contribution in [2.45, 2.75) is 26.7 Å². The van der Waals surface area contributed by atoms with Crippen molar-refractivity contribution in [1.29, 1.82) is 0 Å². The summed E-state index contributed by atoms with van der Waals surface area (Å²) < 4.78 is 0. The van der Waals surface area contributed by atoms with Crippen LogP contribution in [0, 0.1) is 6.92 Å². The number of nitrogens with zero attached hydrogens (tertiary/aromatic N) is 6. The third-order valence-electron chi connectivity index (χ3n) is 5.37. The zero-order chi connectivity index (χ0) is 23.4. The highest BCUT2D eigenvalue weighted by Crippen LogP contribution is 2.27. The first-order valence-electron chi connectivity index (χ1n) is 10.9. The van der Waals surface area contributed by atoms with Gasteiger partial charge in [0.25, 0.3) is 0 Å². The Balaban J connectivity index is 1.42. The molecule has 0 unspecified atom stereocenters. The van der Waals surface area contributed by atoms with E-state index in [0.29, 0.717) is 34.2 Å². The number of hydrogen-bond donors (Lipinski definition) is 2. The molecule has 0 radical (unpaired) electrons. The van der Waals surface area contributed by atoms with Gasteiger partial charge in [-0.2, -0.15) is 15.0 Å². The molecule has 1 aliphatic heterocycles. The minimum absolute atomic E-state index is 0.146. The number of piperazine rings is 1. The van der Waals surface area contributed by atoms with Gasteiger partial charge in [0, 0.05) is 43.7 Å². The molecule has 1 amide bonds. The molecule has 1 aromatic carbocycles. The van der Waals surface area contributed by atoms with Gasteiger partial charge in [-0.25, -0.2) is 4.98 Å².